The number of nitrogens with zero attached hydrogens (tertiary/aromatic N) is 2. The number of carbonyl (C=O) groups excluding carboxylic acids is 3. The van der Waals surface area contributed by atoms with E-state index in [4.69, 9.17) is 14.6 Å². The predicted octanol–water partition coefficient (Wildman–Crippen LogP) is 0.260. The minimum absolute atomic E-state index is 0.0194. The standard InChI is InChI=1S/C21H28N2O6/c1-13(2)22-10-6-8-21-16(15-14(29-21)7-5-12-28-20(15)27)18(25)23(9-3-4-11-24)17(21)19(22)26/h5-8,13-17,24H,3-4,9-12H2,1-2H3/t14-,15+,16+,17?,21+/m1/s1. The van der Waals surface area contributed by atoms with Gasteiger partial charge in [-0.3, -0.25) is 14.4 Å². The number of amides is 2. The van der Waals surface area contributed by atoms with Crippen molar-refractivity contribution in [2.24, 2.45) is 11.8 Å². The Labute approximate surface area is 170 Å². The number of unbranched alkanes of at least 4 members (excludes halogenated alkanes) is 1. The Kier molecular flexibility index (Phi) is 5.25. The zero-order chi connectivity index (χ0) is 20.8. The Morgan fingerprint density at radius 3 is 2.72 bits per heavy atom. The molecule has 2 saturated heterocycles. The molecule has 0 aromatic heterocycles. The highest BCUT2D eigenvalue weighted by atomic mass is 16.6. The molecule has 4 rings (SSSR count). The summed E-state index contributed by atoms with van der Waals surface area (Å²) in [7, 11) is 0. The van der Waals surface area contributed by atoms with Gasteiger partial charge in [0.1, 0.15) is 24.2 Å². The normalized spacial score (nSPS) is 36.1. The quantitative estimate of drug-likeness (QED) is 0.401. The van der Waals surface area contributed by atoms with Crippen LogP contribution < -0.4 is 0 Å². The number of cyclic esters (lactones) is 1. The van der Waals surface area contributed by atoms with Gasteiger partial charge >= 0.3 is 5.97 Å². The van der Waals surface area contributed by atoms with E-state index in [-0.39, 0.29) is 31.1 Å². The van der Waals surface area contributed by atoms with Crippen LogP contribution in [0.1, 0.15) is 26.7 Å². The van der Waals surface area contributed by atoms with Crippen molar-refractivity contribution in [3.8, 4) is 0 Å². The molecule has 2 amide bonds. The Morgan fingerprint density at radius 2 is 2.00 bits per heavy atom. The number of carbonyl (C=O) groups is 3. The summed E-state index contributed by atoms with van der Waals surface area (Å²) < 4.78 is 11.7. The zero-order valence-electron chi connectivity index (χ0n) is 16.8. The smallest absolute Gasteiger partial charge is 0.313 e. The molecule has 0 aromatic rings. The highest BCUT2D eigenvalue weighted by molar-refractivity contribution is 5.99. The molecule has 5 atom stereocenters. The molecule has 0 aliphatic carbocycles. The van der Waals surface area contributed by atoms with Crippen LogP contribution in [0, 0.1) is 11.8 Å². The highest BCUT2D eigenvalue weighted by Crippen LogP contribution is 2.53. The fourth-order valence-corrected chi connectivity index (χ4v) is 5.08. The third-order valence-corrected chi connectivity index (χ3v) is 6.38. The van der Waals surface area contributed by atoms with Crippen molar-refractivity contribution in [2.75, 3.05) is 26.3 Å². The van der Waals surface area contributed by atoms with Crippen molar-refractivity contribution in [3.05, 3.63) is 24.3 Å². The van der Waals surface area contributed by atoms with Crippen molar-refractivity contribution >= 4 is 17.8 Å². The van der Waals surface area contributed by atoms with E-state index in [1.165, 1.54) is 0 Å². The molecule has 4 aliphatic rings. The summed E-state index contributed by atoms with van der Waals surface area (Å²) in [5, 5.41) is 9.15. The molecular weight excluding hydrogens is 376 g/mol. The van der Waals surface area contributed by atoms with Crippen LogP contribution >= 0.6 is 0 Å². The van der Waals surface area contributed by atoms with Crippen LogP contribution in [-0.4, -0.2) is 82.8 Å². The predicted molar refractivity (Wildman–Crippen MR) is 102 cm³/mol. The topological polar surface area (TPSA) is 96.4 Å². The molecule has 0 saturated carbocycles. The van der Waals surface area contributed by atoms with Gasteiger partial charge in [0.15, 0.2) is 0 Å². The van der Waals surface area contributed by atoms with E-state index in [0.29, 0.717) is 25.9 Å². The SMILES string of the molecule is CC(C)N1CC=C[C@]23O[C@@H]4C=CCOC(=O)[C@@H]4[C@H]2C(=O)N(CCCCO)C3C1=O. The minimum Gasteiger partial charge on any atom is -0.461 e. The molecule has 8 heteroatoms. The first-order valence-corrected chi connectivity index (χ1v) is 10.3. The first-order valence-electron chi connectivity index (χ1n) is 10.3. The van der Waals surface area contributed by atoms with E-state index in [1.54, 1.807) is 22.0 Å². The number of hydrogen-bond acceptors (Lipinski definition) is 6. The van der Waals surface area contributed by atoms with Crippen molar-refractivity contribution < 1.29 is 29.0 Å². The van der Waals surface area contributed by atoms with Crippen LogP contribution in [0.3, 0.4) is 0 Å². The summed E-state index contributed by atoms with van der Waals surface area (Å²) in [4.78, 5) is 43.1. The van der Waals surface area contributed by atoms with E-state index in [9.17, 15) is 14.4 Å². The van der Waals surface area contributed by atoms with Gasteiger partial charge < -0.3 is 24.4 Å². The van der Waals surface area contributed by atoms with Crippen molar-refractivity contribution in [1.82, 2.24) is 9.80 Å². The summed E-state index contributed by atoms with van der Waals surface area (Å²) in [6.07, 6.45) is 7.69. The maximum atomic E-state index is 13.6. The van der Waals surface area contributed by atoms with Gasteiger partial charge in [0.05, 0.1) is 12.0 Å². The third kappa shape index (κ3) is 3.00. The Bertz CT molecular complexity index is 762. The molecule has 0 bridgehead atoms. The largest absolute Gasteiger partial charge is 0.461 e. The van der Waals surface area contributed by atoms with E-state index in [2.05, 4.69) is 0 Å². The summed E-state index contributed by atoms with van der Waals surface area (Å²) in [6, 6.07) is -0.861. The lowest BCUT2D eigenvalue weighted by Gasteiger charge is -2.36. The van der Waals surface area contributed by atoms with E-state index >= 15 is 0 Å². The average Bonchev–Trinajstić information content (AvgIpc) is 2.96. The maximum Gasteiger partial charge on any atom is 0.313 e. The summed E-state index contributed by atoms with van der Waals surface area (Å²) in [5.74, 6) is -2.45. The molecule has 2 fully saturated rings. The number of fused-ring (bicyclic) bond motifs is 2. The molecule has 1 unspecified atom stereocenters. The van der Waals surface area contributed by atoms with Crippen LogP contribution in [-0.2, 0) is 23.9 Å². The number of hydrogen-bond donors (Lipinski definition) is 1. The highest BCUT2D eigenvalue weighted by Gasteiger charge is 2.71. The summed E-state index contributed by atoms with van der Waals surface area (Å²) in [5.41, 5.74) is -1.19. The molecule has 4 heterocycles. The minimum atomic E-state index is -1.19. The number of ether oxygens (including phenoxy) is 2. The van der Waals surface area contributed by atoms with Gasteiger partial charge in [0, 0.05) is 25.7 Å². The number of esters is 1. The fraction of sp³-hybridized carbons (Fsp3) is 0.667. The Balaban J connectivity index is 1.79. The molecule has 8 nitrogen and oxygen atoms in total. The number of rotatable bonds is 5. The van der Waals surface area contributed by atoms with Crippen LogP contribution in [0.25, 0.3) is 0 Å². The third-order valence-electron chi connectivity index (χ3n) is 6.38. The summed E-state index contributed by atoms with van der Waals surface area (Å²) in [6.45, 7) is 4.81. The van der Waals surface area contributed by atoms with Gasteiger partial charge in [-0.2, -0.15) is 0 Å². The van der Waals surface area contributed by atoms with Gasteiger partial charge in [-0.1, -0.05) is 18.2 Å². The first-order chi connectivity index (χ1) is 13.9. The fourth-order valence-electron chi connectivity index (χ4n) is 5.08. The molecule has 4 aliphatic heterocycles. The van der Waals surface area contributed by atoms with Crippen LogP contribution in [0.2, 0.25) is 0 Å². The Hall–Kier alpha value is -2.19. The second-order valence-electron chi connectivity index (χ2n) is 8.35. The molecule has 0 radical (unpaired) electrons. The van der Waals surface area contributed by atoms with Crippen LogP contribution in [0.4, 0.5) is 0 Å². The van der Waals surface area contributed by atoms with Gasteiger partial charge in [-0.05, 0) is 32.8 Å². The van der Waals surface area contributed by atoms with Crippen molar-refractivity contribution in [1.29, 1.82) is 0 Å². The Morgan fingerprint density at radius 1 is 1.21 bits per heavy atom. The summed E-state index contributed by atoms with van der Waals surface area (Å²) >= 11 is 0. The molecule has 1 N–H and O–H groups in total. The molecule has 29 heavy (non-hydrogen) atoms. The average molecular weight is 404 g/mol. The first kappa shape index (κ1) is 20.1. The monoisotopic (exact) mass is 404 g/mol. The van der Waals surface area contributed by atoms with Crippen LogP contribution in [0.15, 0.2) is 24.3 Å². The van der Waals surface area contributed by atoms with Crippen molar-refractivity contribution in [2.45, 2.75) is 50.5 Å². The molecule has 158 valence electrons. The molecular formula is C21H28N2O6. The molecule has 0 aromatic carbocycles. The number of aliphatic hydroxyl groups is 1. The lowest BCUT2D eigenvalue weighted by Crippen LogP contribution is -2.56. The second kappa shape index (κ2) is 7.57. The number of likely N-dealkylation sites (tertiary alicyclic amines) is 1. The van der Waals surface area contributed by atoms with E-state index < -0.39 is 35.6 Å². The van der Waals surface area contributed by atoms with Crippen LogP contribution in [0.5, 0.6) is 0 Å². The van der Waals surface area contributed by atoms with E-state index in [0.717, 1.165) is 0 Å². The lowest BCUT2D eigenvalue weighted by molar-refractivity contribution is -0.153. The van der Waals surface area contributed by atoms with E-state index in [1.807, 2.05) is 26.0 Å². The van der Waals surface area contributed by atoms with Crippen molar-refractivity contribution in [3.63, 3.8) is 0 Å². The lowest BCUT2D eigenvalue weighted by atomic mass is 9.78. The van der Waals surface area contributed by atoms with Gasteiger partial charge in [0.2, 0.25) is 11.8 Å². The van der Waals surface area contributed by atoms with Gasteiger partial charge in [-0.15, -0.1) is 0 Å². The zero-order valence-corrected chi connectivity index (χ0v) is 16.8. The van der Waals surface area contributed by atoms with Gasteiger partial charge in [-0.25, -0.2) is 0 Å². The molecule has 1 spiro atoms. The van der Waals surface area contributed by atoms with Gasteiger partial charge in [0.25, 0.3) is 0 Å². The number of aliphatic hydroxyl groups excluding tert-OH is 1. The second-order valence-corrected chi connectivity index (χ2v) is 8.35. The maximum absolute atomic E-state index is 13.6.